The molecule has 0 aliphatic rings. The third-order valence-corrected chi connectivity index (χ3v) is 3.05. The van der Waals surface area contributed by atoms with E-state index < -0.39 is 0 Å². The van der Waals surface area contributed by atoms with E-state index in [0.29, 0.717) is 0 Å². The third-order valence-electron chi connectivity index (χ3n) is 3.05. The highest BCUT2D eigenvalue weighted by Gasteiger charge is 2.09. The van der Waals surface area contributed by atoms with Crippen LogP contribution in [0, 0.1) is 0 Å². The summed E-state index contributed by atoms with van der Waals surface area (Å²) in [5.74, 6) is 2.60. The van der Waals surface area contributed by atoms with E-state index in [1.807, 2.05) is 36.4 Å². The molecule has 0 saturated heterocycles. The minimum atomic E-state index is 0.766. The first-order chi connectivity index (χ1) is 9.74. The summed E-state index contributed by atoms with van der Waals surface area (Å²) in [6.07, 6.45) is 1.09. The monoisotopic (exact) mass is 270 g/mol. The van der Waals surface area contributed by atoms with Crippen LogP contribution in [0.1, 0.15) is 20.3 Å². The maximum atomic E-state index is 4.68. The standard InChI is InChI=1S/C16H22N4/c1-4-11-20(3)15-12-14(17-5-2)18-16(19-15)13-9-7-6-8-10-13/h6-10,12H,4-5,11H2,1-3H3,(H,17,18,19). The third kappa shape index (κ3) is 3.47. The molecule has 1 aromatic carbocycles. The van der Waals surface area contributed by atoms with E-state index in [0.717, 1.165) is 42.5 Å². The van der Waals surface area contributed by atoms with Gasteiger partial charge in [-0.1, -0.05) is 37.3 Å². The Morgan fingerprint density at radius 3 is 2.50 bits per heavy atom. The van der Waals surface area contributed by atoms with Crippen LogP contribution in [0.4, 0.5) is 11.6 Å². The number of benzene rings is 1. The first-order valence-electron chi connectivity index (χ1n) is 7.14. The van der Waals surface area contributed by atoms with Crippen molar-refractivity contribution in [2.75, 3.05) is 30.4 Å². The van der Waals surface area contributed by atoms with Crippen molar-refractivity contribution in [3.63, 3.8) is 0 Å². The van der Waals surface area contributed by atoms with Gasteiger partial charge >= 0.3 is 0 Å². The predicted octanol–water partition coefficient (Wildman–Crippen LogP) is 3.42. The minimum absolute atomic E-state index is 0.766. The van der Waals surface area contributed by atoms with E-state index in [1.54, 1.807) is 0 Å². The smallest absolute Gasteiger partial charge is 0.163 e. The molecule has 106 valence electrons. The van der Waals surface area contributed by atoms with E-state index in [-0.39, 0.29) is 0 Å². The number of aromatic nitrogens is 2. The van der Waals surface area contributed by atoms with Gasteiger partial charge in [0, 0.05) is 31.8 Å². The molecule has 0 aliphatic heterocycles. The number of nitrogens with zero attached hydrogens (tertiary/aromatic N) is 3. The van der Waals surface area contributed by atoms with Crippen LogP contribution in [0.3, 0.4) is 0 Å². The zero-order valence-electron chi connectivity index (χ0n) is 12.4. The molecule has 0 atom stereocenters. The van der Waals surface area contributed by atoms with Crippen molar-refractivity contribution >= 4 is 11.6 Å². The van der Waals surface area contributed by atoms with Gasteiger partial charge in [-0.3, -0.25) is 0 Å². The maximum absolute atomic E-state index is 4.68. The quantitative estimate of drug-likeness (QED) is 0.873. The Bertz CT molecular complexity index is 539. The molecule has 20 heavy (non-hydrogen) atoms. The van der Waals surface area contributed by atoms with Crippen molar-refractivity contribution in [3.8, 4) is 11.4 Å². The molecule has 4 heteroatoms. The minimum Gasteiger partial charge on any atom is -0.370 e. The summed E-state index contributed by atoms with van der Waals surface area (Å²) >= 11 is 0. The van der Waals surface area contributed by atoms with Gasteiger partial charge < -0.3 is 10.2 Å². The first-order valence-corrected chi connectivity index (χ1v) is 7.14. The van der Waals surface area contributed by atoms with Crippen LogP contribution in [-0.2, 0) is 0 Å². The number of nitrogens with one attached hydrogen (secondary N) is 1. The van der Waals surface area contributed by atoms with Gasteiger partial charge in [-0.25, -0.2) is 9.97 Å². The second-order valence-corrected chi connectivity index (χ2v) is 4.75. The Hall–Kier alpha value is -2.10. The van der Waals surface area contributed by atoms with Crippen LogP contribution in [0.5, 0.6) is 0 Å². The maximum Gasteiger partial charge on any atom is 0.163 e. The fourth-order valence-electron chi connectivity index (χ4n) is 2.07. The van der Waals surface area contributed by atoms with Gasteiger partial charge in [-0.15, -0.1) is 0 Å². The molecule has 4 nitrogen and oxygen atoms in total. The van der Waals surface area contributed by atoms with Gasteiger partial charge in [-0.2, -0.15) is 0 Å². The fraction of sp³-hybridized carbons (Fsp3) is 0.375. The summed E-state index contributed by atoms with van der Waals surface area (Å²) in [7, 11) is 2.07. The number of rotatable bonds is 6. The molecule has 2 rings (SSSR count). The van der Waals surface area contributed by atoms with Crippen molar-refractivity contribution in [2.24, 2.45) is 0 Å². The lowest BCUT2D eigenvalue weighted by molar-refractivity contribution is 0.835. The highest BCUT2D eigenvalue weighted by atomic mass is 15.2. The second kappa shape index (κ2) is 6.89. The van der Waals surface area contributed by atoms with Crippen molar-refractivity contribution in [1.29, 1.82) is 0 Å². The van der Waals surface area contributed by atoms with Crippen LogP contribution in [0.25, 0.3) is 11.4 Å². The molecule has 1 aromatic heterocycles. The first kappa shape index (κ1) is 14.3. The van der Waals surface area contributed by atoms with Crippen LogP contribution in [0.15, 0.2) is 36.4 Å². The fourth-order valence-corrected chi connectivity index (χ4v) is 2.07. The van der Waals surface area contributed by atoms with E-state index >= 15 is 0 Å². The average Bonchev–Trinajstić information content (AvgIpc) is 2.48. The highest BCUT2D eigenvalue weighted by molar-refractivity contribution is 5.61. The summed E-state index contributed by atoms with van der Waals surface area (Å²) in [5.41, 5.74) is 1.04. The van der Waals surface area contributed by atoms with Gasteiger partial charge in [0.05, 0.1) is 0 Å². The van der Waals surface area contributed by atoms with Gasteiger partial charge in [0.25, 0.3) is 0 Å². The van der Waals surface area contributed by atoms with Crippen LogP contribution in [0.2, 0.25) is 0 Å². The Balaban J connectivity index is 2.41. The summed E-state index contributed by atoms with van der Waals surface area (Å²) in [5, 5.41) is 3.28. The van der Waals surface area contributed by atoms with Gasteiger partial charge in [0.15, 0.2) is 5.82 Å². The van der Waals surface area contributed by atoms with Crippen molar-refractivity contribution in [2.45, 2.75) is 20.3 Å². The molecule has 0 saturated carbocycles. The van der Waals surface area contributed by atoms with Gasteiger partial charge in [0.2, 0.25) is 0 Å². The molecule has 0 radical (unpaired) electrons. The molecule has 2 aromatic rings. The molecular weight excluding hydrogens is 248 g/mol. The van der Waals surface area contributed by atoms with Crippen LogP contribution < -0.4 is 10.2 Å². The van der Waals surface area contributed by atoms with Crippen LogP contribution in [-0.4, -0.2) is 30.1 Å². The number of anilines is 2. The van der Waals surface area contributed by atoms with E-state index in [2.05, 4.69) is 41.1 Å². The predicted molar refractivity (Wildman–Crippen MR) is 85.2 cm³/mol. The molecule has 1 heterocycles. The topological polar surface area (TPSA) is 41.0 Å². The van der Waals surface area contributed by atoms with Gasteiger partial charge in [0.1, 0.15) is 11.6 Å². The normalized spacial score (nSPS) is 10.3. The Morgan fingerprint density at radius 1 is 1.10 bits per heavy atom. The van der Waals surface area contributed by atoms with Gasteiger partial charge in [-0.05, 0) is 13.3 Å². The second-order valence-electron chi connectivity index (χ2n) is 4.75. The SMILES string of the molecule is CCCN(C)c1cc(NCC)nc(-c2ccccc2)n1. The molecule has 0 fully saturated rings. The Labute approximate surface area is 120 Å². The van der Waals surface area contributed by atoms with Crippen molar-refractivity contribution in [3.05, 3.63) is 36.4 Å². The highest BCUT2D eigenvalue weighted by Crippen LogP contribution is 2.21. The van der Waals surface area contributed by atoms with E-state index in [1.165, 1.54) is 0 Å². The van der Waals surface area contributed by atoms with Crippen molar-refractivity contribution in [1.82, 2.24) is 9.97 Å². The van der Waals surface area contributed by atoms with Crippen molar-refractivity contribution < 1.29 is 0 Å². The number of hydrogen-bond acceptors (Lipinski definition) is 4. The molecule has 1 N–H and O–H groups in total. The molecular formula is C16H22N4. The summed E-state index contributed by atoms with van der Waals surface area (Å²) in [6.45, 7) is 6.07. The average molecular weight is 270 g/mol. The molecule has 0 aliphatic carbocycles. The molecule has 0 bridgehead atoms. The van der Waals surface area contributed by atoms with Crippen LogP contribution >= 0.6 is 0 Å². The lowest BCUT2D eigenvalue weighted by Gasteiger charge is -2.19. The Morgan fingerprint density at radius 2 is 1.85 bits per heavy atom. The zero-order chi connectivity index (χ0) is 14.4. The largest absolute Gasteiger partial charge is 0.370 e. The summed E-state index contributed by atoms with van der Waals surface area (Å²) < 4.78 is 0. The lowest BCUT2D eigenvalue weighted by Crippen LogP contribution is -2.20. The molecule has 0 spiro atoms. The zero-order valence-corrected chi connectivity index (χ0v) is 12.4. The number of hydrogen-bond donors (Lipinski definition) is 1. The molecule has 0 amide bonds. The summed E-state index contributed by atoms with van der Waals surface area (Å²) in [6, 6.07) is 12.1. The Kier molecular flexibility index (Phi) is 4.93. The summed E-state index contributed by atoms with van der Waals surface area (Å²) in [4.78, 5) is 11.4. The lowest BCUT2D eigenvalue weighted by atomic mass is 10.2. The van der Waals surface area contributed by atoms with E-state index in [4.69, 9.17) is 0 Å². The molecule has 0 unspecified atom stereocenters. The van der Waals surface area contributed by atoms with E-state index in [9.17, 15) is 0 Å².